The number of carbonyl (C=O) groups is 2. The number of anilines is 1. The third kappa shape index (κ3) is 9.82. The average molecular weight is 656 g/mol. The van der Waals surface area contributed by atoms with Crippen LogP contribution < -0.4 is 21.7 Å². The Kier molecular flexibility index (Phi) is 11.7. The minimum Gasteiger partial charge on any atom is -0.448 e. The zero-order valence-electron chi connectivity index (χ0n) is 23.8. The van der Waals surface area contributed by atoms with E-state index < -0.39 is 54.4 Å². The van der Waals surface area contributed by atoms with Crippen LogP contribution in [0.25, 0.3) is 0 Å². The molecule has 1 unspecified atom stereocenters. The van der Waals surface area contributed by atoms with E-state index in [-0.39, 0.29) is 42.6 Å². The van der Waals surface area contributed by atoms with Crippen LogP contribution in [-0.4, -0.2) is 67.7 Å². The van der Waals surface area contributed by atoms with Crippen molar-refractivity contribution in [2.75, 3.05) is 31.6 Å². The Morgan fingerprint density at radius 3 is 2.56 bits per heavy atom. The van der Waals surface area contributed by atoms with E-state index in [1.54, 1.807) is 29.6 Å². The molecule has 4 rings (SSSR count). The normalized spacial score (nSPS) is 18.1. The summed E-state index contributed by atoms with van der Waals surface area (Å²) in [6.45, 7) is -1.30. The highest BCUT2D eigenvalue weighted by molar-refractivity contribution is 6.30. The van der Waals surface area contributed by atoms with Crippen molar-refractivity contribution in [1.29, 1.82) is 0 Å². The maximum atomic E-state index is 15.0. The third-order valence-corrected chi connectivity index (χ3v) is 7.39. The molecule has 1 saturated heterocycles. The van der Waals surface area contributed by atoms with Crippen LogP contribution in [0.4, 0.5) is 32.4 Å². The second-order valence-corrected chi connectivity index (χ2v) is 10.8. The Balaban J connectivity index is 1.36. The summed E-state index contributed by atoms with van der Waals surface area (Å²) in [5.41, 5.74) is 7.52. The molecule has 1 fully saturated rings. The Bertz CT molecular complexity index is 1460. The van der Waals surface area contributed by atoms with Crippen molar-refractivity contribution in [1.82, 2.24) is 15.6 Å². The average Bonchev–Trinajstić information content (AvgIpc) is 3.00. The first-order chi connectivity index (χ1) is 21.4. The number of ether oxygens (including phenoxy) is 2. The number of aromatic nitrogens is 1. The Morgan fingerprint density at radius 2 is 1.89 bits per heavy atom. The SMILES string of the molecule is N[C@H](C(=O)Nc1cccc(F)c1CC[C@@H]1CN[C@H](COC(=O)NCC(F)(F)F)CO1)C(c1ccc(Cl)cc1)c1ccncc1F. The summed E-state index contributed by atoms with van der Waals surface area (Å²) in [5, 5.41) is 7.84. The smallest absolute Gasteiger partial charge is 0.407 e. The predicted molar refractivity (Wildman–Crippen MR) is 156 cm³/mol. The summed E-state index contributed by atoms with van der Waals surface area (Å²) < 4.78 is 77.0. The number of carbonyl (C=O) groups excluding carboxylic acids is 2. The third-order valence-electron chi connectivity index (χ3n) is 7.14. The van der Waals surface area contributed by atoms with Crippen LogP contribution in [0.15, 0.2) is 60.9 Å². The first-order valence-corrected chi connectivity index (χ1v) is 14.3. The molecule has 15 heteroatoms. The molecule has 4 atom stereocenters. The maximum Gasteiger partial charge on any atom is 0.407 e. The molecule has 5 N–H and O–H groups in total. The lowest BCUT2D eigenvalue weighted by molar-refractivity contribution is -0.124. The van der Waals surface area contributed by atoms with Crippen LogP contribution >= 0.6 is 11.6 Å². The van der Waals surface area contributed by atoms with Crippen molar-refractivity contribution in [3.8, 4) is 0 Å². The number of morpholine rings is 1. The molecule has 0 saturated carbocycles. The molecule has 2 aromatic carbocycles. The van der Waals surface area contributed by atoms with Crippen molar-refractivity contribution in [2.45, 2.75) is 43.1 Å². The molecule has 0 aliphatic carbocycles. The topological polar surface area (TPSA) is 128 Å². The fourth-order valence-electron chi connectivity index (χ4n) is 4.85. The summed E-state index contributed by atoms with van der Waals surface area (Å²) >= 11 is 6.02. The lowest BCUT2D eigenvalue weighted by Crippen LogP contribution is -2.49. The van der Waals surface area contributed by atoms with Gasteiger partial charge in [0.2, 0.25) is 5.91 Å². The molecule has 3 aromatic rings. The fourth-order valence-corrected chi connectivity index (χ4v) is 4.98. The van der Waals surface area contributed by atoms with Gasteiger partial charge in [-0.25, -0.2) is 13.6 Å². The van der Waals surface area contributed by atoms with Crippen LogP contribution in [0.2, 0.25) is 5.02 Å². The van der Waals surface area contributed by atoms with Gasteiger partial charge in [0.1, 0.15) is 24.8 Å². The Labute approximate surface area is 260 Å². The Hall–Kier alpha value is -3.85. The summed E-state index contributed by atoms with van der Waals surface area (Å²) in [4.78, 5) is 28.6. The van der Waals surface area contributed by atoms with E-state index in [1.165, 1.54) is 30.5 Å². The second-order valence-electron chi connectivity index (χ2n) is 10.4. The number of nitrogens with two attached hydrogens (primary N) is 1. The molecular weight excluding hydrogens is 625 g/mol. The maximum absolute atomic E-state index is 15.0. The molecule has 242 valence electrons. The van der Waals surface area contributed by atoms with Gasteiger partial charge in [-0.3, -0.25) is 9.78 Å². The number of amides is 2. The van der Waals surface area contributed by atoms with Crippen molar-refractivity contribution in [3.63, 3.8) is 0 Å². The summed E-state index contributed by atoms with van der Waals surface area (Å²) in [6.07, 6.45) is -3.18. The predicted octanol–water partition coefficient (Wildman–Crippen LogP) is 4.69. The van der Waals surface area contributed by atoms with E-state index in [0.29, 0.717) is 23.6 Å². The molecule has 1 aliphatic rings. The monoisotopic (exact) mass is 655 g/mol. The van der Waals surface area contributed by atoms with E-state index >= 15 is 0 Å². The minimum atomic E-state index is -4.55. The molecule has 1 aromatic heterocycles. The van der Waals surface area contributed by atoms with E-state index in [4.69, 9.17) is 26.8 Å². The van der Waals surface area contributed by atoms with E-state index in [9.17, 15) is 31.5 Å². The minimum absolute atomic E-state index is 0.102. The molecule has 2 heterocycles. The van der Waals surface area contributed by atoms with Gasteiger partial charge in [-0.2, -0.15) is 13.2 Å². The standard InChI is InChI=1S/C30H31ClF5N5O4/c31-18-6-4-17(5-7-18)26(22-10-11-38-13-24(22)33)27(37)28(42)41-25-3-1-2-23(32)21(25)9-8-20-12-39-19(14-44-20)15-45-29(43)40-16-30(34,35)36/h1-7,10-11,13,19-20,26-27,39H,8-9,12,14-16,37H2,(H,40,43)(H,41,42)/t19-,20+,26?,27-/m0/s1. The van der Waals surface area contributed by atoms with Crippen molar-refractivity contribution < 1.29 is 41.0 Å². The molecule has 45 heavy (non-hydrogen) atoms. The highest BCUT2D eigenvalue weighted by atomic mass is 35.5. The second kappa shape index (κ2) is 15.4. The fraction of sp³-hybridized carbons (Fsp3) is 0.367. The number of hydrogen-bond donors (Lipinski definition) is 4. The molecule has 2 amide bonds. The van der Waals surface area contributed by atoms with Crippen molar-refractivity contribution in [2.24, 2.45) is 5.73 Å². The number of nitrogens with zero attached hydrogens (tertiary/aromatic N) is 1. The zero-order chi connectivity index (χ0) is 32.6. The number of rotatable bonds is 11. The van der Waals surface area contributed by atoms with Gasteiger partial charge in [-0.1, -0.05) is 29.8 Å². The number of halogens is 6. The highest BCUT2D eigenvalue weighted by Crippen LogP contribution is 2.31. The number of nitrogens with one attached hydrogen (secondary N) is 3. The van der Waals surface area contributed by atoms with Gasteiger partial charge in [0, 0.05) is 40.5 Å². The number of alkyl halides is 3. The number of hydrogen-bond acceptors (Lipinski definition) is 7. The van der Waals surface area contributed by atoms with Crippen LogP contribution in [-0.2, 0) is 20.7 Å². The van der Waals surface area contributed by atoms with Gasteiger partial charge in [0.15, 0.2) is 0 Å². The number of alkyl carbamates (subject to hydrolysis) is 1. The highest BCUT2D eigenvalue weighted by Gasteiger charge is 2.31. The molecular formula is C30H31ClF5N5O4. The largest absolute Gasteiger partial charge is 0.448 e. The first-order valence-electron chi connectivity index (χ1n) is 13.9. The zero-order valence-corrected chi connectivity index (χ0v) is 24.5. The lowest BCUT2D eigenvalue weighted by Gasteiger charge is -2.30. The molecule has 9 nitrogen and oxygen atoms in total. The first kappa shape index (κ1) is 34.0. The van der Waals surface area contributed by atoms with Crippen LogP contribution in [0.1, 0.15) is 29.0 Å². The quantitative estimate of drug-likeness (QED) is 0.221. The number of pyridine rings is 1. The van der Waals surface area contributed by atoms with Gasteiger partial charge in [0.25, 0.3) is 0 Å². The van der Waals surface area contributed by atoms with Gasteiger partial charge in [-0.05, 0) is 48.7 Å². The lowest BCUT2D eigenvalue weighted by atomic mass is 9.85. The molecule has 0 spiro atoms. The molecule has 1 aliphatic heterocycles. The summed E-state index contributed by atoms with van der Waals surface area (Å²) in [7, 11) is 0. The van der Waals surface area contributed by atoms with E-state index in [2.05, 4.69) is 15.6 Å². The number of benzene rings is 2. The molecule has 0 radical (unpaired) electrons. The summed E-state index contributed by atoms with van der Waals surface area (Å²) in [5.74, 6) is -2.78. The van der Waals surface area contributed by atoms with E-state index in [1.807, 2.05) is 0 Å². The Morgan fingerprint density at radius 1 is 1.13 bits per heavy atom. The van der Waals surface area contributed by atoms with E-state index in [0.717, 1.165) is 6.20 Å². The van der Waals surface area contributed by atoms with Crippen LogP contribution in [0, 0.1) is 11.6 Å². The van der Waals surface area contributed by atoms with Gasteiger partial charge < -0.3 is 31.2 Å². The van der Waals surface area contributed by atoms with Crippen LogP contribution in [0.5, 0.6) is 0 Å². The van der Waals surface area contributed by atoms with Gasteiger partial charge in [-0.15, -0.1) is 0 Å². The van der Waals surface area contributed by atoms with Crippen molar-refractivity contribution in [3.05, 3.63) is 94.3 Å². The van der Waals surface area contributed by atoms with Gasteiger partial charge in [0.05, 0.1) is 31.0 Å². The summed E-state index contributed by atoms with van der Waals surface area (Å²) in [6, 6.07) is 10.4. The van der Waals surface area contributed by atoms with Crippen LogP contribution in [0.3, 0.4) is 0 Å². The van der Waals surface area contributed by atoms with Gasteiger partial charge >= 0.3 is 12.3 Å². The molecule has 0 bridgehead atoms. The van der Waals surface area contributed by atoms with Crippen molar-refractivity contribution >= 4 is 29.3 Å².